The normalized spacial score (nSPS) is 16.2. The fourth-order valence-electron chi connectivity index (χ4n) is 3.07. The number of aryl methyl sites for hydroxylation is 1. The second-order valence-electron chi connectivity index (χ2n) is 6.15. The summed E-state index contributed by atoms with van der Waals surface area (Å²) in [6.07, 6.45) is 0. The quantitative estimate of drug-likeness (QED) is 0.620. The fraction of sp³-hybridized carbons (Fsp3) is 0.389. The van der Waals surface area contributed by atoms with Gasteiger partial charge in [-0.05, 0) is 30.5 Å². The second kappa shape index (κ2) is 8.39. The van der Waals surface area contributed by atoms with Crippen LogP contribution in [-0.2, 0) is 4.74 Å². The number of morpholine rings is 1. The Hall–Kier alpha value is -2.29. The van der Waals surface area contributed by atoms with E-state index < -0.39 is 4.92 Å². The molecule has 1 aliphatic heterocycles. The second-order valence-corrected chi connectivity index (χ2v) is 7.13. The molecule has 1 aliphatic rings. The number of rotatable bonds is 6. The molecular formula is C18H21N3O4S. The van der Waals surface area contributed by atoms with Gasteiger partial charge in [0.15, 0.2) is 0 Å². The molecule has 7 nitrogen and oxygen atoms in total. The van der Waals surface area contributed by atoms with Crippen molar-refractivity contribution < 1.29 is 14.5 Å². The maximum atomic E-state index is 12.5. The van der Waals surface area contributed by atoms with Gasteiger partial charge in [0.25, 0.3) is 11.6 Å². The van der Waals surface area contributed by atoms with Crippen LogP contribution in [0, 0.1) is 17.0 Å². The first-order chi connectivity index (χ1) is 12.6. The highest BCUT2D eigenvalue weighted by atomic mass is 32.1. The van der Waals surface area contributed by atoms with Crippen molar-refractivity contribution >= 4 is 22.9 Å². The molecule has 0 saturated carbocycles. The number of carbonyl (C=O) groups excluding carboxylic acids is 1. The van der Waals surface area contributed by atoms with E-state index in [1.165, 1.54) is 17.0 Å². The summed E-state index contributed by atoms with van der Waals surface area (Å²) in [5.74, 6) is -0.224. The first-order valence-electron chi connectivity index (χ1n) is 8.44. The van der Waals surface area contributed by atoms with E-state index in [4.69, 9.17) is 4.74 Å². The largest absolute Gasteiger partial charge is 0.379 e. The Morgan fingerprint density at radius 2 is 2.15 bits per heavy atom. The van der Waals surface area contributed by atoms with Gasteiger partial charge < -0.3 is 10.1 Å². The van der Waals surface area contributed by atoms with Crippen LogP contribution in [0.2, 0.25) is 0 Å². The summed E-state index contributed by atoms with van der Waals surface area (Å²) in [7, 11) is 0. The van der Waals surface area contributed by atoms with Crippen molar-refractivity contribution in [1.82, 2.24) is 10.2 Å². The van der Waals surface area contributed by atoms with Crippen LogP contribution in [0.1, 0.15) is 26.8 Å². The first-order valence-corrected chi connectivity index (χ1v) is 9.32. The number of benzene rings is 1. The van der Waals surface area contributed by atoms with E-state index in [2.05, 4.69) is 16.3 Å². The smallest absolute Gasteiger partial charge is 0.272 e. The Morgan fingerprint density at radius 3 is 2.77 bits per heavy atom. The topological polar surface area (TPSA) is 84.7 Å². The minimum Gasteiger partial charge on any atom is -0.379 e. The highest BCUT2D eigenvalue weighted by Gasteiger charge is 2.24. The number of nitro groups is 1. The van der Waals surface area contributed by atoms with Crippen molar-refractivity contribution in [1.29, 1.82) is 0 Å². The first kappa shape index (κ1) is 18.5. The average Bonchev–Trinajstić information content (AvgIpc) is 3.16. The van der Waals surface area contributed by atoms with Crippen molar-refractivity contribution in [2.45, 2.75) is 13.0 Å². The predicted octanol–water partition coefficient (Wildman–Crippen LogP) is 2.77. The minimum absolute atomic E-state index is 0.0197. The third kappa shape index (κ3) is 4.27. The van der Waals surface area contributed by atoms with Crippen LogP contribution in [0.4, 0.5) is 5.69 Å². The molecule has 3 rings (SSSR count). The molecule has 0 radical (unpaired) electrons. The van der Waals surface area contributed by atoms with Crippen molar-refractivity contribution in [2.75, 3.05) is 32.8 Å². The van der Waals surface area contributed by atoms with Crippen molar-refractivity contribution in [3.63, 3.8) is 0 Å². The van der Waals surface area contributed by atoms with Crippen molar-refractivity contribution in [3.8, 4) is 0 Å². The summed E-state index contributed by atoms with van der Waals surface area (Å²) < 4.78 is 5.43. The Labute approximate surface area is 155 Å². The summed E-state index contributed by atoms with van der Waals surface area (Å²) in [5.41, 5.74) is 0.928. The minimum atomic E-state index is -0.442. The molecule has 1 aromatic heterocycles. The number of nitro benzene ring substituents is 1. The van der Waals surface area contributed by atoms with Gasteiger partial charge in [0.2, 0.25) is 0 Å². The third-order valence-electron chi connectivity index (χ3n) is 4.47. The van der Waals surface area contributed by atoms with Crippen molar-refractivity contribution in [2.24, 2.45) is 0 Å². The lowest BCUT2D eigenvalue weighted by Crippen LogP contribution is -2.43. The molecule has 0 unspecified atom stereocenters. The fourth-order valence-corrected chi connectivity index (χ4v) is 3.93. The van der Waals surface area contributed by atoms with Crippen LogP contribution in [0.3, 0.4) is 0 Å². The summed E-state index contributed by atoms with van der Waals surface area (Å²) in [6, 6.07) is 8.62. The van der Waals surface area contributed by atoms with E-state index >= 15 is 0 Å². The lowest BCUT2D eigenvalue weighted by atomic mass is 10.1. The SMILES string of the molecule is Cc1cc(C(=O)NC[C@@H](c2cccs2)N2CCOCC2)ccc1[N+](=O)[O-]. The van der Waals surface area contributed by atoms with Crippen LogP contribution in [0.15, 0.2) is 35.7 Å². The zero-order chi connectivity index (χ0) is 18.5. The molecule has 1 N–H and O–H groups in total. The number of nitrogens with one attached hydrogen (secondary N) is 1. The third-order valence-corrected chi connectivity index (χ3v) is 5.44. The van der Waals surface area contributed by atoms with Crippen LogP contribution < -0.4 is 5.32 Å². The van der Waals surface area contributed by atoms with E-state index in [1.807, 2.05) is 11.4 Å². The van der Waals surface area contributed by atoms with Gasteiger partial charge in [0, 0.05) is 41.7 Å². The van der Waals surface area contributed by atoms with E-state index in [-0.39, 0.29) is 17.6 Å². The number of ether oxygens (including phenoxy) is 1. The van der Waals surface area contributed by atoms with Gasteiger partial charge in [0.05, 0.1) is 24.2 Å². The van der Waals surface area contributed by atoms with Crippen molar-refractivity contribution in [3.05, 3.63) is 61.8 Å². The molecule has 2 aromatic rings. The molecule has 1 saturated heterocycles. The average molecular weight is 375 g/mol. The lowest BCUT2D eigenvalue weighted by molar-refractivity contribution is -0.385. The number of nitrogens with zero attached hydrogens (tertiary/aromatic N) is 2. The highest BCUT2D eigenvalue weighted by Crippen LogP contribution is 2.25. The van der Waals surface area contributed by atoms with Crippen LogP contribution >= 0.6 is 11.3 Å². The van der Waals surface area contributed by atoms with Gasteiger partial charge in [-0.15, -0.1) is 11.3 Å². The van der Waals surface area contributed by atoms with Gasteiger partial charge in [-0.1, -0.05) is 6.07 Å². The van der Waals surface area contributed by atoms with Gasteiger partial charge >= 0.3 is 0 Å². The summed E-state index contributed by atoms with van der Waals surface area (Å²) >= 11 is 1.67. The monoisotopic (exact) mass is 375 g/mol. The molecule has 138 valence electrons. The maximum absolute atomic E-state index is 12.5. The number of hydrogen-bond acceptors (Lipinski definition) is 6. The Kier molecular flexibility index (Phi) is 5.97. The Bertz CT molecular complexity index is 773. The van der Waals surface area contributed by atoms with Crippen LogP contribution in [0.5, 0.6) is 0 Å². The molecule has 1 atom stereocenters. The molecule has 1 amide bonds. The summed E-state index contributed by atoms with van der Waals surface area (Å²) in [4.78, 5) is 26.5. The zero-order valence-electron chi connectivity index (χ0n) is 14.5. The number of hydrogen-bond donors (Lipinski definition) is 1. The zero-order valence-corrected chi connectivity index (χ0v) is 15.3. The van der Waals surface area contributed by atoms with E-state index in [0.717, 1.165) is 13.1 Å². The molecular weight excluding hydrogens is 354 g/mol. The van der Waals surface area contributed by atoms with E-state index in [0.29, 0.717) is 30.9 Å². The Balaban J connectivity index is 1.69. The molecule has 1 fully saturated rings. The van der Waals surface area contributed by atoms with E-state index in [1.54, 1.807) is 24.3 Å². The van der Waals surface area contributed by atoms with Crippen LogP contribution in [-0.4, -0.2) is 48.6 Å². The van der Waals surface area contributed by atoms with Gasteiger partial charge in [-0.25, -0.2) is 0 Å². The van der Waals surface area contributed by atoms with Crippen LogP contribution in [0.25, 0.3) is 0 Å². The standard InChI is InChI=1S/C18H21N3O4S/c1-13-11-14(4-5-15(13)21(23)24)18(22)19-12-16(17-3-2-10-26-17)20-6-8-25-9-7-20/h2-5,10-11,16H,6-9,12H2,1H3,(H,19,22)/t16-/m0/s1. The van der Waals surface area contributed by atoms with E-state index in [9.17, 15) is 14.9 Å². The van der Waals surface area contributed by atoms with Gasteiger partial charge in [0.1, 0.15) is 0 Å². The molecule has 26 heavy (non-hydrogen) atoms. The summed E-state index contributed by atoms with van der Waals surface area (Å²) in [5, 5.41) is 15.9. The number of amides is 1. The number of thiophene rings is 1. The molecule has 0 spiro atoms. The highest BCUT2D eigenvalue weighted by molar-refractivity contribution is 7.10. The molecule has 2 heterocycles. The summed E-state index contributed by atoms with van der Waals surface area (Å²) in [6.45, 7) is 5.16. The molecule has 8 heteroatoms. The molecule has 0 bridgehead atoms. The predicted molar refractivity (Wildman–Crippen MR) is 99.6 cm³/mol. The number of carbonyl (C=O) groups is 1. The van der Waals surface area contributed by atoms with Gasteiger partial charge in [-0.2, -0.15) is 0 Å². The molecule has 0 aliphatic carbocycles. The lowest BCUT2D eigenvalue weighted by Gasteiger charge is -2.34. The Morgan fingerprint density at radius 1 is 1.38 bits per heavy atom. The molecule has 1 aromatic carbocycles. The van der Waals surface area contributed by atoms with Gasteiger partial charge in [-0.3, -0.25) is 19.8 Å². The maximum Gasteiger partial charge on any atom is 0.272 e.